The monoisotopic (exact) mass is 418 g/mol. The van der Waals surface area contributed by atoms with Gasteiger partial charge in [-0.3, -0.25) is 4.79 Å². The molecule has 4 aromatic carbocycles. The topological polar surface area (TPSA) is 25.9 Å². The molecule has 5 rings (SSSR count). The molecule has 1 aromatic heterocycles. The Morgan fingerprint density at radius 1 is 0.926 bits per heavy atom. The zero-order valence-electron chi connectivity index (χ0n) is 15.0. The van der Waals surface area contributed by atoms with Crippen LogP contribution in [0.1, 0.15) is 16.8 Å². The van der Waals surface area contributed by atoms with Crippen LogP contribution >= 0.6 is 0 Å². The van der Waals surface area contributed by atoms with Gasteiger partial charge in [-0.05, 0) is 32.3 Å². The van der Waals surface area contributed by atoms with E-state index in [0.29, 0.717) is 13.0 Å². The van der Waals surface area contributed by atoms with Gasteiger partial charge in [-0.2, -0.15) is 0 Å². The van der Waals surface area contributed by atoms with Crippen molar-refractivity contribution in [3.05, 3.63) is 78.9 Å². The normalized spacial score (nSPS) is 11.3. The molecule has 0 aliphatic rings. The number of halogens is 1. The van der Waals surface area contributed by atoms with E-state index >= 15 is 0 Å². The van der Waals surface area contributed by atoms with Gasteiger partial charge in [-0.15, -0.1) is 0 Å². The van der Waals surface area contributed by atoms with Gasteiger partial charge in [0.1, 0.15) is 12.4 Å². The molecule has 0 saturated heterocycles. The Labute approximate surface area is 167 Å². The van der Waals surface area contributed by atoms with E-state index in [4.69, 9.17) is 0 Å². The molecule has 0 aliphatic carbocycles. The summed E-state index contributed by atoms with van der Waals surface area (Å²) in [5.41, 5.74) is 0.826. The van der Waals surface area contributed by atoms with Crippen LogP contribution in [0, 0.1) is 0 Å². The first-order chi connectivity index (χ1) is 12.7. The highest BCUT2D eigenvalue weighted by atomic mass is 79.9. The lowest BCUT2D eigenvalue weighted by Gasteiger charge is -2.13. The molecule has 0 radical (unpaired) electrons. The van der Waals surface area contributed by atoms with E-state index in [-0.39, 0.29) is 22.8 Å². The summed E-state index contributed by atoms with van der Waals surface area (Å²) in [5, 5.41) is 7.18. The molecule has 4 heteroatoms. The van der Waals surface area contributed by atoms with E-state index in [1.54, 1.807) is 0 Å². The van der Waals surface area contributed by atoms with E-state index in [9.17, 15) is 4.79 Å². The average Bonchev–Trinajstić information content (AvgIpc) is 3.09. The fourth-order valence-corrected chi connectivity index (χ4v) is 3.98. The highest BCUT2D eigenvalue weighted by Gasteiger charge is 2.15. The first-order valence-corrected chi connectivity index (χ1v) is 8.91. The van der Waals surface area contributed by atoms with Gasteiger partial charge < -0.3 is 17.0 Å². The van der Waals surface area contributed by atoms with Crippen molar-refractivity contribution < 1.29 is 26.3 Å². The van der Waals surface area contributed by atoms with Crippen molar-refractivity contribution in [3.63, 3.8) is 0 Å². The minimum atomic E-state index is 0. The summed E-state index contributed by atoms with van der Waals surface area (Å²) < 4.78 is 4.04. The Bertz CT molecular complexity index is 1260. The summed E-state index contributed by atoms with van der Waals surface area (Å²) in [6.45, 7) is 0.696. The largest absolute Gasteiger partial charge is 1.00 e. The Morgan fingerprint density at radius 2 is 1.59 bits per heavy atom. The molecule has 5 aromatic rings. The minimum Gasteiger partial charge on any atom is -1.00 e. The Hall–Kier alpha value is -2.72. The van der Waals surface area contributed by atoms with Crippen molar-refractivity contribution in [2.24, 2.45) is 7.05 Å². The fraction of sp³-hybridized carbons (Fsp3) is 0.130. The third kappa shape index (κ3) is 2.90. The van der Waals surface area contributed by atoms with Crippen molar-refractivity contribution in [2.45, 2.75) is 13.0 Å². The SMILES string of the molecule is C[n+]1ccn(CCC(=O)c2ccc3ccc4cccc5ccc2c3c45)c1.[Br-]. The molecule has 0 saturated carbocycles. The minimum absolute atomic E-state index is 0. The lowest BCUT2D eigenvalue weighted by Crippen LogP contribution is -3.00. The van der Waals surface area contributed by atoms with Crippen LogP contribution in [0.15, 0.2) is 73.3 Å². The highest BCUT2D eigenvalue weighted by molar-refractivity contribution is 6.26. The number of rotatable bonds is 4. The van der Waals surface area contributed by atoms with Crippen LogP contribution in [0.4, 0.5) is 0 Å². The fourth-order valence-electron chi connectivity index (χ4n) is 3.98. The second-order valence-corrected chi connectivity index (χ2v) is 6.96. The summed E-state index contributed by atoms with van der Waals surface area (Å²) in [6, 6.07) is 19.0. The number of aromatic nitrogens is 2. The standard InChI is InChI=1S/C23H19N2O.BrH/c1-24-13-14-25(15-24)12-11-21(26)19-9-7-18-6-5-16-3-2-4-17-8-10-20(19)23(18)22(16)17;/h2-10,13-15H,11-12H2,1H3;1H/q+1;/p-1. The van der Waals surface area contributed by atoms with Crippen molar-refractivity contribution in [2.75, 3.05) is 0 Å². The molecule has 0 aliphatic heterocycles. The first-order valence-electron chi connectivity index (χ1n) is 8.91. The van der Waals surface area contributed by atoms with Gasteiger partial charge in [0.25, 0.3) is 0 Å². The van der Waals surface area contributed by atoms with Crippen LogP contribution < -0.4 is 21.5 Å². The molecular formula is C23H19BrN2O. The van der Waals surface area contributed by atoms with Crippen molar-refractivity contribution in [1.82, 2.24) is 4.57 Å². The predicted molar refractivity (Wildman–Crippen MR) is 105 cm³/mol. The molecule has 0 spiro atoms. The molecule has 0 N–H and O–H groups in total. The molecule has 134 valence electrons. The smallest absolute Gasteiger partial charge is 0.243 e. The molecule has 0 bridgehead atoms. The second kappa shape index (κ2) is 6.78. The summed E-state index contributed by atoms with van der Waals surface area (Å²) in [5.74, 6) is 0.194. The summed E-state index contributed by atoms with van der Waals surface area (Å²) in [6.07, 6.45) is 6.48. The first kappa shape index (κ1) is 17.7. The maximum atomic E-state index is 13.0. The van der Waals surface area contributed by atoms with E-state index in [1.807, 2.05) is 41.0 Å². The van der Waals surface area contributed by atoms with Crippen LogP contribution in [0.3, 0.4) is 0 Å². The quantitative estimate of drug-likeness (QED) is 0.246. The number of nitrogens with zero attached hydrogens (tertiary/aromatic N) is 2. The van der Waals surface area contributed by atoms with Gasteiger partial charge >= 0.3 is 0 Å². The number of carbonyl (C=O) groups is 1. The lowest BCUT2D eigenvalue weighted by molar-refractivity contribution is -0.671. The van der Waals surface area contributed by atoms with Crippen molar-refractivity contribution >= 4 is 38.1 Å². The molecule has 1 heterocycles. The molecule has 0 amide bonds. The number of hydrogen-bond donors (Lipinski definition) is 0. The predicted octanol–water partition coefficient (Wildman–Crippen LogP) is 1.49. The highest BCUT2D eigenvalue weighted by Crippen LogP contribution is 2.36. The Kier molecular flexibility index (Phi) is 4.44. The zero-order valence-corrected chi connectivity index (χ0v) is 16.6. The van der Waals surface area contributed by atoms with Gasteiger partial charge in [0.15, 0.2) is 5.78 Å². The maximum absolute atomic E-state index is 13.0. The van der Waals surface area contributed by atoms with Gasteiger partial charge in [0.2, 0.25) is 6.33 Å². The number of imidazole rings is 1. The number of aryl methyl sites for hydroxylation is 2. The number of hydrogen-bond acceptors (Lipinski definition) is 1. The second-order valence-electron chi connectivity index (χ2n) is 6.96. The van der Waals surface area contributed by atoms with Gasteiger partial charge in [-0.1, -0.05) is 54.6 Å². The molecule has 0 unspecified atom stereocenters. The summed E-state index contributed by atoms with van der Waals surface area (Å²) in [7, 11) is 1.99. The number of benzene rings is 4. The summed E-state index contributed by atoms with van der Waals surface area (Å²) in [4.78, 5) is 13.0. The van der Waals surface area contributed by atoms with Crippen LogP contribution in [0.2, 0.25) is 0 Å². The Morgan fingerprint density at radius 3 is 2.30 bits per heavy atom. The lowest BCUT2D eigenvalue weighted by atomic mass is 9.90. The molecule has 0 fully saturated rings. The van der Waals surface area contributed by atoms with Crippen molar-refractivity contribution in [3.8, 4) is 0 Å². The van der Waals surface area contributed by atoms with Crippen LogP contribution in [0.5, 0.6) is 0 Å². The third-order valence-corrected chi connectivity index (χ3v) is 5.25. The van der Waals surface area contributed by atoms with E-state index < -0.39 is 0 Å². The van der Waals surface area contributed by atoms with E-state index in [2.05, 4.69) is 48.5 Å². The van der Waals surface area contributed by atoms with E-state index in [0.717, 1.165) is 10.9 Å². The maximum Gasteiger partial charge on any atom is 0.243 e. The molecular weight excluding hydrogens is 400 g/mol. The van der Waals surface area contributed by atoms with E-state index in [1.165, 1.54) is 26.9 Å². The van der Waals surface area contributed by atoms with Crippen LogP contribution in [-0.2, 0) is 13.6 Å². The number of carbonyl (C=O) groups excluding carboxylic acids is 1. The Balaban J connectivity index is 0.00000180. The summed E-state index contributed by atoms with van der Waals surface area (Å²) >= 11 is 0. The molecule has 0 atom stereocenters. The third-order valence-electron chi connectivity index (χ3n) is 5.25. The zero-order chi connectivity index (χ0) is 17.7. The van der Waals surface area contributed by atoms with Gasteiger partial charge in [0.05, 0.1) is 13.6 Å². The van der Waals surface area contributed by atoms with Crippen LogP contribution in [-0.4, -0.2) is 10.4 Å². The van der Waals surface area contributed by atoms with Crippen molar-refractivity contribution in [1.29, 1.82) is 0 Å². The van der Waals surface area contributed by atoms with Crippen LogP contribution in [0.25, 0.3) is 32.3 Å². The number of ketones is 1. The van der Waals surface area contributed by atoms with Gasteiger partial charge in [0, 0.05) is 12.0 Å². The average molecular weight is 419 g/mol. The van der Waals surface area contributed by atoms with Gasteiger partial charge in [-0.25, -0.2) is 9.13 Å². The molecule has 3 nitrogen and oxygen atoms in total. The molecule has 27 heavy (non-hydrogen) atoms. The number of Topliss-reactive ketones (excluding diaryl/α,β-unsaturated/α-hetero) is 1.